The molecule has 51 heavy (non-hydrogen) atoms. The maximum atomic E-state index is 13.4. The van der Waals surface area contributed by atoms with Crippen molar-refractivity contribution in [1.29, 1.82) is 0 Å². The number of anilines is 1. The van der Waals surface area contributed by atoms with Crippen molar-refractivity contribution < 1.29 is 9.59 Å². The molecule has 0 saturated carbocycles. The highest BCUT2D eigenvalue weighted by molar-refractivity contribution is 8.01. The molecule has 254 valence electrons. The number of rotatable bonds is 13. The van der Waals surface area contributed by atoms with E-state index in [-0.39, 0.29) is 23.6 Å². The fourth-order valence-corrected chi connectivity index (χ4v) is 8.33. The monoisotopic (exact) mass is 726 g/mol. The smallest absolute Gasteiger partial charge is 0.237 e. The second-order valence-corrected chi connectivity index (χ2v) is 15.3. The molecule has 2 N–H and O–H groups in total. The SMILES string of the molecule is C[C@@H](Sc1nnc(-c2ccccc2)n1Cc1ccccc1)C(=O)Nc1ccc2nc(SCC(=O)NC(c3ccccc3)c3ccccc3)sc2c1. The summed E-state index contributed by atoms with van der Waals surface area (Å²) >= 11 is 4.28. The number of carbonyl (C=O) groups is 2. The lowest BCUT2D eigenvalue weighted by molar-refractivity contribution is -0.119. The maximum Gasteiger partial charge on any atom is 0.237 e. The molecule has 0 spiro atoms. The number of hydrogen-bond donors (Lipinski definition) is 2. The van der Waals surface area contributed by atoms with Gasteiger partial charge in [0.25, 0.3) is 0 Å². The Morgan fingerprint density at radius 3 is 2.08 bits per heavy atom. The van der Waals surface area contributed by atoms with Crippen LogP contribution in [0.4, 0.5) is 5.69 Å². The summed E-state index contributed by atoms with van der Waals surface area (Å²) in [5.41, 5.74) is 5.63. The number of nitrogens with zero attached hydrogens (tertiary/aromatic N) is 4. The summed E-state index contributed by atoms with van der Waals surface area (Å²) in [7, 11) is 0. The van der Waals surface area contributed by atoms with Gasteiger partial charge in [-0.15, -0.1) is 21.5 Å². The first-order chi connectivity index (χ1) is 25.0. The van der Waals surface area contributed by atoms with Gasteiger partial charge < -0.3 is 10.6 Å². The van der Waals surface area contributed by atoms with Crippen molar-refractivity contribution in [3.05, 3.63) is 156 Å². The van der Waals surface area contributed by atoms with E-state index in [1.807, 2.05) is 134 Å². The Kier molecular flexibility index (Phi) is 10.9. The van der Waals surface area contributed by atoms with Crippen molar-refractivity contribution in [2.45, 2.75) is 34.3 Å². The molecule has 0 bridgehead atoms. The van der Waals surface area contributed by atoms with Gasteiger partial charge in [0.15, 0.2) is 15.3 Å². The van der Waals surface area contributed by atoms with E-state index in [1.165, 1.54) is 34.9 Å². The van der Waals surface area contributed by atoms with Crippen molar-refractivity contribution in [3.63, 3.8) is 0 Å². The van der Waals surface area contributed by atoms with Gasteiger partial charge >= 0.3 is 0 Å². The summed E-state index contributed by atoms with van der Waals surface area (Å²) in [4.78, 5) is 31.3. The van der Waals surface area contributed by atoms with E-state index in [0.29, 0.717) is 17.4 Å². The van der Waals surface area contributed by atoms with Crippen LogP contribution in [0.25, 0.3) is 21.6 Å². The number of hydrogen-bond acceptors (Lipinski definition) is 8. The van der Waals surface area contributed by atoms with Crippen LogP contribution in [0.5, 0.6) is 0 Å². The molecule has 0 fully saturated rings. The molecular weight excluding hydrogens is 693 g/mol. The van der Waals surface area contributed by atoms with Crippen LogP contribution >= 0.6 is 34.9 Å². The highest BCUT2D eigenvalue weighted by Crippen LogP contribution is 2.33. The van der Waals surface area contributed by atoms with Gasteiger partial charge in [0, 0.05) is 11.3 Å². The average molecular weight is 727 g/mol. The van der Waals surface area contributed by atoms with E-state index in [1.54, 1.807) is 0 Å². The van der Waals surface area contributed by atoms with Gasteiger partial charge in [-0.3, -0.25) is 14.2 Å². The van der Waals surface area contributed by atoms with Crippen molar-refractivity contribution in [2.75, 3.05) is 11.1 Å². The number of carbonyl (C=O) groups excluding carboxylic acids is 2. The largest absolute Gasteiger partial charge is 0.344 e. The van der Waals surface area contributed by atoms with Crippen LogP contribution in [-0.4, -0.2) is 42.6 Å². The third-order valence-electron chi connectivity index (χ3n) is 8.12. The van der Waals surface area contributed by atoms with Gasteiger partial charge in [-0.2, -0.15) is 0 Å². The number of thioether (sulfide) groups is 2. The lowest BCUT2D eigenvalue weighted by atomic mass is 9.99. The molecule has 0 aliphatic carbocycles. The molecule has 2 amide bonds. The molecule has 8 nitrogen and oxygen atoms in total. The van der Waals surface area contributed by atoms with E-state index in [4.69, 9.17) is 4.98 Å². The molecule has 2 aromatic heterocycles. The first-order valence-electron chi connectivity index (χ1n) is 16.4. The van der Waals surface area contributed by atoms with Crippen molar-refractivity contribution in [3.8, 4) is 11.4 Å². The van der Waals surface area contributed by atoms with Gasteiger partial charge in [0.1, 0.15) is 0 Å². The summed E-state index contributed by atoms with van der Waals surface area (Å²) in [6.45, 7) is 2.45. The summed E-state index contributed by atoms with van der Waals surface area (Å²) in [5.74, 6) is 0.766. The van der Waals surface area contributed by atoms with Gasteiger partial charge in [-0.1, -0.05) is 145 Å². The fourth-order valence-electron chi connectivity index (χ4n) is 5.56. The molecule has 11 heteroatoms. The van der Waals surface area contributed by atoms with Gasteiger partial charge in [0.2, 0.25) is 11.8 Å². The summed E-state index contributed by atoms with van der Waals surface area (Å²) in [6.07, 6.45) is 0. The van der Waals surface area contributed by atoms with Gasteiger partial charge in [-0.05, 0) is 41.8 Å². The lowest BCUT2D eigenvalue weighted by Crippen LogP contribution is -2.30. The topological polar surface area (TPSA) is 102 Å². The predicted molar refractivity (Wildman–Crippen MR) is 208 cm³/mol. The Bertz CT molecular complexity index is 2190. The molecule has 0 saturated heterocycles. The van der Waals surface area contributed by atoms with Gasteiger partial charge in [-0.25, -0.2) is 4.98 Å². The third kappa shape index (κ3) is 8.57. The van der Waals surface area contributed by atoms with Gasteiger partial charge in [0.05, 0.1) is 33.8 Å². The molecule has 5 aromatic carbocycles. The zero-order valence-corrected chi connectivity index (χ0v) is 30.1. The maximum absolute atomic E-state index is 13.4. The van der Waals surface area contributed by atoms with Crippen molar-refractivity contribution in [2.24, 2.45) is 0 Å². The van der Waals surface area contributed by atoms with E-state index < -0.39 is 5.25 Å². The average Bonchev–Trinajstić information content (AvgIpc) is 3.77. The van der Waals surface area contributed by atoms with Crippen LogP contribution in [0, 0.1) is 0 Å². The van der Waals surface area contributed by atoms with E-state index in [0.717, 1.165) is 42.6 Å². The number of fused-ring (bicyclic) bond motifs is 1. The fraction of sp³-hybridized carbons (Fsp3) is 0.125. The van der Waals surface area contributed by atoms with Crippen LogP contribution < -0.4 is 10.6 Å². The first kappa shape index (κ1) is 34.2. The summed E-state index contributed by atoms with van der Waals surface area (Å²) in [6, 6.07) is 45.5. The number of benzene rings is 5. The number of aromatic nitrogens is 4. The van der Waals surface area contributed by atoms with E-state index in [9.17, 15) is 9.59 Å². The highest BCUT2D eigenvalue weighted by atomic mass is 32.2. The molecule has 7 aromatic rings. The van der Waals surface area contributed by atoms with Crippen LogP contribution in [0.1, 0.15) is 29.7 Å². The highest BCUT2D eigenvalue weighted by Gasteiger charge is 2.22. The zero-order chi connectivity index (χ0) is 35.0. The van der Waals surface area contributed by atoms with Crippen molar-refractivity contribution >= 4 is 62.6 Å². The number of amides is 2. The number of thiazole rings is 1. The molecule has 7 rings (SSSR count). The molecule has 0 radical (unpaired) electrons. The van der Waals surface area contributed by atoms with Crippen molar-refractivity contribution in [1.82, 2.24) is 25.1 Å². The van der Waals surface area contributed by atoms with Crippen LogP contribution in [-0.2, 0) is 16.1 Å². The Morgan fingerprint density at radius 2 is 1.41 bits per heavy atom. The van der Waals surface area contributed by atoms with Crippen LogP contribution in [0.3, 0.4) is 0 Å². The standard InChI is InChI=1S/C40H34N6O2S3/c1-27(50-39-45-44-37(31-20-12-5-13-21-31)46(39)25-28-14-6-2-7-15-28)38(48)41-32-22-23-33-34(24-32)51-40(42-33)49-26-35(47)43-36(29-16-8-3-9-17-29)30-18-10-4-11-19-30/h2-24,27,36H,25-26H2,1H3,(H,41,48)(H,43,47)/t27-/m1/s1. The summed E-state index contributed by atoms with van der Waals surface area (Å²) < 4.78 is 3.78. The Labute approximate surface area is 308 Å². The quantitative estimate of drug-likeness (QED) is 0.115. The van der Waals surface area contributed by atoms with Crippen LogP contribution in [0.15, 0.2) is 149 Å². The molecule has 1 atom stereocenters. The lowest BCUT2D eigenvalue weighted by Gasteiger charge is -2.19. The summed E-state index contributed by atoms with van der Waals surface area (Å²) in [5, 5.41) is 15.5. The third-order valence-corrected chi connectivity index (χ3v) is 11.4. The molecule has 0 aliphatic heterocycles. The van der Waals surface area contributed by atoms with E-state index >= 15 is 0 Å². The normalized spacial score (nSPS) is 11.8. The minimum absolute atomic E-state index is 0.0770. The number of nitrogens with one attached hydrogen (secondary N) is 2. The molecule has 2 heterocycles. The molecule has 0 aliphatic rings. The second-order valence-electron chi connectivity index (χ2n) is 11.8. The minimum Gasteiger partial charge on any atom is -0.344 e. The Hall–Kier alpha value is -5.23. The Morgan fingerprint density at radius 1 is 0.784 bits per heavy atom. The van der Waals surface area contributed by atoms with Crippen LogP contribution in [0.2, 0.25) is 0 Å². The minimum atomic E-state index is -0.440. The predicted octanol–water partition coefficient (Wildman–Crippen LogP) is 8.72. The first-order valence-corrected chi connectivity index (χ1v) is 19.1. The molecular formula is C40H34N6O2S3. The Balaban J connectivity index is 0.992. The van der Waals surface area contributed by atoms with E-state index in [2.05, 4.69) is 37.5 Å². The molecule has 0 unspecified atom stereocenters. The zero-order valence-electron chi connectivity index (χ0n) is 27.7. The second kappa shape index (κ2) is 16.2.